The van der Waals surface area contributed by atoms with Crippen LogP contribution in [0.5, 0.6) is 5.75 Å². The standard InChI is InChI=1S/C23H19F3N2O3S/c1-13-20(32-22(27-13)14-2-5-16(6-3-14)23(24,25)26)12-31-18-8-4-15-10-17(7-9-21(29)30)28-19(15)11-18/h2-6,8,11H,7,9-10,12H2,1H3,(H,29,30). The van der Waals surface area contributed by atoms with Gasteiger partial charge in [-0.3, -0.25) is 9.79 Å². The number of aromatic nitrogens is 1. The first-order valence-corrected chi connectivity index (χ1v) is 10.7. The fourth-order valence-electron chi connectivity index (χ4n) is 3.35. The molecule has 2 aromatic carbocycles. The molecule has 5 nitrogen and oxygen atoms in total. The minimum Gasteiger partial charge on any atom is -0.488 e. The zero-order valence-electron chi connectivity index (χ0n) is 17.1. The third-order valence-corrected chi connectivity index (χ3v) is 6.26. The van der Waals surface area contributed by atoms with Crippen LogP contribution in [-0.2, 0) is 24.0 Å². The summed E-state index contributed by atoms with van der Waals surface area (Å²) in [4.78, 5) is 20.6. The number of hydrogen-bond donors (Lipinski definition) is 1. The first-order chi connectivity index (χ1) is 15.2. The molecular weight excluding hydrogens is 441 g/mol. The lowest BCUT2D eigenvalue weighted by Crippen LogP contribution is -2.03. The quantitative estimate of drug-likeness (QED) is 0.455. The zero-order chi connectivity index (χ0) is 22.9. The number of hydrogen-bond acceptors (Lipinski definition) is 5. The van der Waals surface area contributed by atoms with E-state index in [1.54, 1.807) is 0 Å². The van der Waals surface area contributed by atoms with Crippen molar-refractivity contribution in [2.45, 2.75) is 39.0 Å². The molecule has 3 aromatic rings. The maximum absolute atomic E-state index is 12.8. The maximum Gasteiger partial charge on any atom is 0.416 e. The smallest absolute Gasteiger partial charge is 0.416 e. The lowest BCUT2D eigenvalue weighted by molar-refractivity contribution is -0.138. The highest BCUT2D eigenvalue weighted by molar-refractivity contribution is 7.15. The van der Waals surface area contributed by atoms with E-state index in [-0.39, 0.29) is 13.0 Å². The number of ether oxygens (including phenoxy) is 1. The summed E-state index contributed by atoms with van der Waals surface area (Å²) in [7, 11) is 0. The minimum atomic E-state index is -4.37. The van der Waals surface area contributed by atoms with Gasteiger partial charge in [0.1, 0.15) is 17.4 Å². The molecule has 1 aromatic heterocycles. The molecule has 1 aliphatic heterocycles. The van der Waals surface area contributed by atoms with Gasteiger partial charge in [0.15, 0.2) is 0 Å². The van der Waals surface area contributed by atoms with Crippen LogP contribution in [0.25, 0.3) is 10.6 Å². The molecule has 166 valence electrons. The highest BCUT2D eigenvalue weighted by atomic mass is 32.1. The Bertz CT molecular complexity index is 1180. The van der Waals surface area contributed by atoms with Gasteiger partial charge < -0.3 is 9.84 Å². The van der Waals surface area contributed by atoms with Crippen molar-refractivity contribution in [1.82, 2.24) is 4.98 Å². The van der Waals surface area contributed by atoms with Crippen LogP contribution in [0.4, 0.5) is 18.9 Å². The van der Waals surface area contributed by atoms with Crippen molar-refractivity contribution in [3.63, 3.8) is 0 Å². The summed E-state index contributed by atoms with van der Waals surface area (Å²) in [5, 5.41) is 9.47. The summed E-state index contributed by atoms with van der Waals surface area (Å²) in [5.41, 5.74) is 3.37. The average Bonchev–Trinajstić information content (AvgIpc) is 3.32. The predicted molar refractivity (Wildman–Crippen MR) is 116 cm³/mol. The molecule has 0 spiro atoms. The van der Waals surface area contributed by atoms with Crippen LogP contribution >= 0.6 is 11.3 Å². The molecule has 0 saturated carbocycles. The summed E-state index contributed by atoms with van der Waals surface area (Å²) < 4.78 is 44.2. The Balaban J connectivity index is 1.43. The lowest BCUT2D eigenvalue weighted by Gasteiger charge is -2.07. The number of carboxylic acids is 1. The van der Waals surface area contributed by atoms with Crippen molar-refractivity contribution >= 4 is 28.7 Å². The zero-order valence-corrected chi connectivity index (χ0v) is 17.9. The van der Waals surface area contributed by atoms with Gasteiger partial charge in [0, 0.05) is 23.8 Å². The number of rotatable bonds is 7. The van der Waals surface area contributed by atoms with E-state index in [9.17, 15) is 18.0 Å². The lowest BCUT2D eigenvalue weighted by atomic mass is 10.1. The topological polar surface area (TPSA) is 71.8 Å². The Labute approximate surface area is 186 Å². The Kier molecular flexibility index (Phi) is 6.01. The van der Waals surface area contributed by atoms with Gasteiger partial charge in [-0.2, -0.15) is 13.2 Å². The number of carboxylic acid groups (broad SMARTS) is 1. The van der Waals surface area contributed by atoms with E-state index in [4.69, 9.17) is 9.84 Å². The summed E-state index contributed by atoms with van der Waals surface area (Å²) in [6.45, 7) is 2.11. The molecule has 0 amide bonds. The third-order valence-electron chi connectivity index (χ3n) is 5.08. The van der Waals surface area contributed by atoms with E-state index < -0.39 is 17.7 Å². The molecular formula is C23H19F3N2O3S. The molecule has 0 radical (unpaired) electrons. The van der Waals surface area contributed by atoms with Crippen LogP contribution in [0.3, 0.4) is 0 Å². The van der Waals surface area contributed by atoms with E-state index in [1.807, 2.05) is 25.1 Å². The van der Waals surface area contributed by atoms with Crippen molar-refractivity contribution in [2.24, 2.45) is 4.99 Å². The number of nitrogens with zero attached hydrogens (tertiary/aromatic N) is 2. The Morgan fingerprint density at radius 3 is 2.62 bits per heavy atom. The van der Waals surface area contributed by atoms with Gasteiger partial charge in [-0.05, 0) is 37.1 Å². The maximum atomic E-state index is 12.8. The molecule has 32 heavy (non-hydrogen) atoms. The summed E-state index contributed by atoms with van der Waals surface area (Å²) in [5.74, 6) is -0.209. The first kappa shape index (κ1) is 22.0. The fraction of sp³-hybridized carbons (Fsp3) is 0.261. The number of halogens is 3. The third kappa shape index (κ3) is 4.99. The predicted octanol–water partition coefficient (Wildman–Crippen LogP) is 6.21. The molecule has 0 unspecified atom stereocenters. The van der Waals surface area contributed by atoms with Gasteiger partial charge in [0.2, 0.25) is 0 Å². The normalized spacial score (nSPS) is 13.1. The number of thiazole rings is 1. The van der Waals surface area contributed by atoms with E-state index in [2.05, 4.69) is 9.98 Å². The number of carbonyl (C=O) groups is 1. The van der Waals surface area contributed by atoms with E-state index in [0.717, 1.165) is 39.7 Å². The van der Waals surface area contributed by atoms with E-state index >= 15 is 0 Å². The average molecular weight is 460 g/mol. The second-order valence-electron chi connectivity index (χ2n) is 7.43. The highest BCUT2D eigenvalue weighted by Gasteiger charge is 2.30. The molecule has 0 atom stereocenters. The van der Waals surface area contributed by atoms with Crippen LogP contribution in [0.2, 0.25) is 0 Å². The first-order valence-electron chi connectivity index (χ1n) is 9.87. The van der Waals surface area contributed by atoms with Gasteiger partial charge in [0.05, 0.1) is 28.2 Å². The monoisotopic (exact) mass is 460 g/mol. The molecule has 1 N–H and O–H groups in total. The number of benzene rings is 2. The Hall–Kier alpha value is -3.20. The second kappa shape index (κ2) is 8.74. The minimum absolute atomic E-state index is 0.0576. The largest absolute Gasteiger partial charge is 0.488 e. The van der Waals surface area contributed by atoms with Crippen molar-refractivity contribution < 1.29 is 27.8 Å². The summed E-state index contributed by atoms with van der Waals surface area (Å²) in [6.07, 6.45) is -3.24. The molecule has 2 heterocycles. The Morgan fingerprint density at radius 2 is 1.94 bits per heavy atom. The van der Waals surface area contributed by atoms with Crippen LogP contribution in [0, 0.1) is 6.92 Å². The number of aliphatic carboxylic acids is 1. The molecule has 4 rings (SSSR count). The molecule has 0 aliphatic carbocycles. The Morgan fingerprint density at radius 1 is 1.19 bits per heavy atom. The number of fused-ring (bicyclic) bond motifs is 1. The summed E-state index contributed by atoms with van der Waals surface area (Å²) in [6, 6.07) is 10.6. The van der Waals surface area contributed by atoms with Crippen molar-refractivity contribution in [1.29, 1.82) is 0 Å². The molecule has 0 fully saturated rings. The SMILES string of the molecule is Cc1nc(-c2ccc(C(F)(F)F)cc2)sc1COc1ccc2c(c1)N=C(CCC(=O)O)C2. The number of aliphatic imine (C=N–C) groups is 1. The molecule has 9 heteroatoms. The van der Waals surface area contributed by atoms with Crippen molar-refractivity contribution in [2.75, 3.05) is 0 Å². The molecule has 0 bridgehead atoms. The van der Waals surface area contributed by atoms with Gasteiger partial charge >= 0.3 is 12.1 Å². The van der Waals surface area contributed by atoms with Crippen LogP contribution in [-0.4, -0.2) is 21.8 Å². The van der Waals surface area contributed by atoms with E-state index in [1.165, 1.54) is 23.5 Å². The van der Waals surface area contributed by atoms with Crippen LogP contribution < -0.4 is 4.74 Å². The molecule has 1 aliphatic rings. The second-order valence-corrected chi connectivity index (χ2v) is 8.51. The summed E-state index contributed by atoms with van der Waals surface area (Å²) >= 11 is 1.38. The van der Waals surface area contributed by atoms with Gasteiger partial charge in [-0.1, -0.05) is 18.2 Å². The van der Waals surface area contributed by atoms with E-state index in [0.29, 0.717) is 29.2 Å². The highest BCUT2D eigenvalue weighted by Crippen LogP contribution is 2.35. The van der Waals surface area contributed by atoms with Crippen LogP contribution in [0.1, 0.15) is 34.5 Å². The molecule has 0 saturated heterocycles. The van der Waals surface area contributed by atoms with Gasteiger partial charge in [0.25, 0.3) is 0 Å². The van der Waals surface area contributed by atoms with Crippen molar-refractivity contribution in [3.05, 3.63) is 64.2 Å². The van der Waals surface area contributed by atoms with Crippen molar-refractivity contribution in [3.8, 4) is 16.3 Å². The number of alkyl halides is 3. The van der Waals surface area contributed by atoms with Gasteiger partial charge in [-0.15, -0.1) is 11.3 Å². The number of aryl methyl sites for hydroxylation is 1. The van der Waals surface area contributed by atoms with Crippen LogP contribution in [0.15, 0.2) is 47.5 Å². The van der Waals surface area contributed by atoms with Gasteiger partial charge in [-0.25, -0.2) is 4.98 Å². The fourth-order valence-corrected chi connectivity index (χ4v) is 4.33.